The smallest absolute Gasteiger partial charge is 0.327 e. The molecular weight excluding hydrogens is 274 g/mol. The number of nitrogens with two attached hydrogens (primary N) is 1. The lowest BCUT2D eigenvalue weighted by Crippen LogP contribution is -2.12. The van der Waals surface area contributed by atoms with Gasteiger partial charge in [0, 0.05) is 9.86 Å². The van der Waals surface area contributed by atoms with Crippen LogP contribution in [-0.2, 0) is 16.1 Å². The Hall–Kier alpha value is -1.56. The average Bonchev–Trinajstić information content (AvgIpc) is 2.55. The maximum absolute atomic E-state index is 11.2. The summed E-state index contributed by atoms with van der Waals surface area (Å²) < 4.78 is 7.03. The van der Waals surface area contributed by atoms with Crippen molar-refractivity contribution in [3.05, 3.63) is 22.7 Å². The second kappa shape index (κ2) is 4.13. The van der Waals surface area contributed by atoms with Crippen LogP contribution in [0.3, 0.4) is 0 Å². The van der Waals surface area contributed by atoms with E-state index in [0.29, 0.717) is 5.82 Å². The normalized spacial score (nSPS) is 10.6. The summed E-state index contributed by atoms with van der Waals surface area (Å²) in [7, 11) is 1.34. The van der Waals surface area contributed by atoms with E-state index in [1.165, 1.54) is 11.8 Å². The summed E-state index contributed by atoms with van der Waals surface area (Å²) >= 11 is 3.36. The highest BCUT2D eigenvalue weighted by Gasteiger charge is 2.11. The van der Waals surface area contributed by atoms with Gasteiger partial charge in [-0.05, 0) is 18.2 Å². The number of ether oxygens (including phenoxy) is 1. The van der Waals surface area contributed by atoms with Crippen molar-refractivity contribution >= 4 is 38.6 Å². The molecule has 0 spiro atoms. The highest BCUT2D eigenvalue weighted by Crippen LogP contribution is 2.24. The van der Waals surface area contributed by atoms with Crippen LogP contribution in [0.25, 0.3) is 10.9 Å². The zero-order valence-corrected chi connectivity index (χ0v) is 10.2. The van der Waals surface area contributed by atoms with Gasteiger partial charge in [-0.2, -0.15) is 5.10 Å². The molecule has 0 aliphatic carbocycles. The van der Waals surface area contributed by atoms with Crippen LogP contribution >= 0.6 is 15.9 Å². The summed E-state index contributed by atoms with van der Waals surface area (Å²) in [5.74, 6) is 0.0516. The first-order valence-corrected chi connectivity index (χ1v) is 5.39. The molecule has 5 nitrogen and oxygen atoms in total. The molecule has 0 bridgehead atoms. The summed E-state index contributed by atoms with van der Waals surface area (Å²) in [6, 6.07) is 5.60. The van der Waals surface area contributed by atoms with Gasteiger partial charge in [0.15, 0.2) is 5.82 Å². The molecule has 6 heteroatoms. The molecule has 1 heterocycles. The number of nitrogens with zero attached hydrogens (tertiary/aromatic N) is 2. The number of halogens is 1. The van der Waals surface area contributed by atoms with E-state index >= 15 is 0 Å². The molecule has 0 fully saturated rings. The first-order chi connectivity index (χ1) is 7.61. The average molecular weight is 284 g/mol. The van der Waals surface area contributed by atoms with Crippen molar-refractivity contribution in [2.45, 2.75) is 6.54 Å². The fourth-order valence-electron chi connectivity index (χ4n) is 1.48. The van der Waals surface area contributed by atoms with Crippen LogP contribution in [0.5, 0.6) is 0 Å². The van der Waals surface area contributed by atoms with E-state index < -0.39 is 0 Å². The lowest BCUT2D eigenvalue weighted by molar-refractivity contribution is -0.141. The second-order valence-electron chi connectivity index (χ2n) is 3.28. The monoisotopic (exact) mass is 283 g/mol. The molecule has 0 atom stereocenters. The Kier molecular flexibility index (Phi) is 2.82. The van der Waals surface area contributed by atoms with E-state index in [-0.39, 0.29) is 12.5 Å². The van der Waals surface area contributed by atoms with Crippen LogP contribution in [-0.4, -0.2) is 22.9 Å². The number of carbonyl (C=O) groups is 1. The Morgan fingerprint density at radius 3 is 3.06 bits per heavy atom. The predicted octanol–water partition coefficient (Wildman–Crippen LogP) is 1.55. The lowest BCUT2D eigenvalue weighted by Gasteiger charge is -2.01. The lowest BCUT2D eigenvalue weighted by atomic mass is 10.2. The molecule has 84 valence electrons. The highest BCUT2D eigenvalue weighted by molar-refractivity contribution is 9.10. The van der Waals surface area contributed by atoms with Gasteiger partial charge in [0.1, 0.15) is 6.54 Å². The van der Waals surface area contributed by atoms with Gasteiger partial charge in [0.25, 0.3) is 0 Å². The first kappa shape index (κ1) is 10.9. The third-order valence-corrected chi connectivity index (χ3v) is 2.74. The Balaban J connectivity index is 2.52. The van der Waals surface area contributed by atoms with Crippen LogP contribution in [0.4, 0.5) is 5.82 Å². The molecule has 0 saturated carbocycles. The van der Waals surface area contributed by atoms with Crippen molar-refractivity contribution in [1.82, 2.24) is 9.78 Å². The predicted molar refractivity (Wildman–Crippen MR) is 63.9 cm³/mol. The number of benzene rings is 1. The van der Waals surface area contributed by atoms with Crippen LogP contribution in [0, 0.1) is 0 Å². The van der Waals surface area contributed by atoms with Crippen LogP contribution in [0.2, 0.25) is 0 Å². The molecule has 0 aliphatic rings. The van der Waals surface area contributed by atoms with E-state index in [9.17, 15) is 4.79 Å². The van der Waals surface area contributed by atoms with Gasteiger partial charge in [0.2, 0.25) is 0 Å². The van der Waals surface area contributed by atoms with Gasteiger partial charge in [-0.1, -0.05) is 15.9 Å². The van der Waals surface area contributed by atoms with Gasteiger partial charge < -0.3 is 10.5 Å². The maximum Gasteiger partial charge on any atom is 0.327 e. The molecule has 2 aromatic rings. The number of esters is 1. The number of rotatable bonds is 2. The number of fused-ring (bicyclic) bond motifs is 1. The molecule has 0 radical (unpaired) electrons. The first-order valence-electron chi connectivity index (χ1n) is 4.60. The number of hydrogen-bond acceptors (Lipinski definition) is 4. The Morgan fingerprint density at radius 1 is 1.62 bits per heavy atom. The Morgan fingerprint density at radius 2 is 2.38 bits per heavy atom. The largest absolute Gasteiger partial charge is 0.468 e. The number of nitrogen functional groups attached to an aromatic ring is 1. The molecule has 0 unspecified atom stereocenters. The van der Waals surface area contributed by atoms with Gasteiger partial charge in [-0.15, -0.1) is 0 Å². The molecular formula is C10H10BrN3O2. The molecule has 0 amide bonds. The number of hydrogen-bond donors (Lipinski definition) is 1. The van der Waals surface area contributed by atoms with E-state index in [2.05, 4.69) is 25.8 Å². The van der Waals surface area contributed by atoms with E-state index in [0.717, 1.165) is 15.4 Å². The SMILES string of the molecule is COC(=O)Cn1nc(N)c2ccc(Br)cc21. The van der Waals surface area contributed by atoms with Crippen molar-refractivity contribution in [2.75, 3.05) is 12.8 Å². The van der Waals surface area contributed by atoms with Crippen LogP contribution < -0.4 is 5.73 Å². The van der Waals surface area contributed by atoms with E-state index in [1.54, 1.807) is 0 Å². The van der Waals surface area contributed by atoms with Gasteiger partial charge >= 0.3 is 5.97 Å². The van der Waals surface area contributed by atoms with E-state index in [4.69, 9.17) is 5.73 Å². The number of carbonyl (C=O) groups excluding carboxylic acids is 1. The van der Waals surface area contributed by atoms with Crippen LogP contribution in [0.15, 0.2) is 22.7 Å². The summed E-state index contributed by atoms with van der Waals surface area (Å²) in [6.45, 7) is 0.0562. The molecule has 1 aromatic carbocycles. The summed E-state index contributed by atoms with van der Waals surface area (Å²) in [6.07, 6.45) is 0. The van der Waals surface area contributed by atoms with Crippen molar-refractivity contribution in [2.24, 2.45) is 0 Å². The Bertz CT molecular complexity index is 550. The molecule has 2 rings (SSSR count). The molecule has 16 heavy (non-hydrogen) atoms. The van der Waals surface area contributed by atoms with Crippen molar-refractivity contribution < 1.29 is 9.53 Å². The minimum absolute atomic E-state index is 0.0562. The fraction of sp³-hybridized carbons (Fsp3) is 0.200. The van der Waals surface area contributed by atoms with Crippen molar-refractivity contribution in [3.63, 3.8) is 0 Å². The maximum atomic E-state index is 11.2. The van der Waals surface area contributed by atoms with E-state index in [1.807, 2.05) is 18.2 Å². The third kappa shape index (κ3) is 1.88. The minimum atomic E-state index is -0.357. The Labute approximate surface area is 100 Å². The standard InChI is InChI=1S/C10H10BrN3O2/c1-16-9(15)5-14-8-4-6(11)2-3-7(8)10(12)13-14/h2-4H,5H2,1H3,(H2,12,13). The highest BCUT2D eigenvalue weighted by atomic mass is 79.9. The number of anilines is 1. The summed E-state index contributed by atoms with van der Waals surface area (Å²) in [5, 5.41) is 4.92. The quantitative estimate of drug-likeness (QED) is 0.849. The van der Waals surface area contributed by atoms with Crippen molar-refractivity contribution in [1.29, 1.82) is 0 Å². The number of methoxy groups -OCH3 is 1. The zero-order valence-electron chi connectivity index (χ0n) is 8.61. The van der Waals surface area contributed by atoms with Gasteiger partial charge in [0.05, 0.1) is 12.6 Å². The van der Waals surface area contributed by atoms with Crippen LogP contribution in [0.1, 0.15) is 0 Å². The second-order valence-corrected chi connectivity index (χ2v) is 4.20. The topological polar surface area (TPSA) is 70.1 Å². The van der Waals surface area contributed by atoms with Gasteiger partial charge in [-0.3, -0.25) is 9.48 Å². The molecule has 2 N–H and O–H groups in total. The van der Waals surface area contributed by atoms with Crippen molar-refractivity contribution in [3.8, 4) is 0 Å². The number of aromatic nitrogens is 2. The zero-order chi connectivity index (χ0) is 11.7. The summed E-state index contributed by atoms with van der Waals surface area (Å²) in [4.78, 5) is 11.2. The molecule has 0 aliphatic heterocycles. The third-order valence-electron chi connectivity index (χ3n) is 2.25. The minimum Gasteiger partial charge on any atom is -0.468 e. The van der Waals surface area contributed by atoms with Gasteiger partial charge in [-0.25, -0.2) is 0 Å². The molecule has 1 aromatic heterocycles. The fourth-order valence-corrected chi connectivity index (χ4v) is 1.83. The summed E-state index contributed by atoms with van der Waals surface area (Å²) in [5.41, 5.74) is 6.55. The molecule has 0 saturated heterocycles.